The number of allylic oxidation sites excluding steroid dienone is 2. The van der Waals surface area contributed by atoms with E-state index in [9.17, 15) is 14.2 Å². The smallest absolute Gasteiger partial charge is 0.334 e. The van der Waals surface area contributed by atoms with E-state index in [-0.39, 0.29) is 35.3 Å². The number of hydrogen-bond donors (Lipinski definition) is 0. The first-order valence-corrected chi connectivity index (χ1v) is 10.8. The molecule has 0 radical (unpaired) electrons. The highest BCUT2D eigenvalue weighted by Gasteiger charge is 2.66. The lowest BCUT2D eigenvalue weighted by Crippen LogP contribution is -2.62. The van der Waals surface area contributed by atoms with Crippen molar-refractivity contribution in [1.82, 2.24) is 0 Å². The highest BCUT2D eigenvalue weighted by Crippen LogP contribution is 2.71. The molecule has 0 aromatic rings. The van der Waals surface area contributed by atoms with Crippen molar-refractivity contribution in [2.45, 2.75) is 25.9 Å². The maximum atomic E-state index is 13.3. The summed E-state index contributed by atoms with van der Waals surface area (Å²) in [4.78, 5) is 24.9. The molecular formula is C18H27O7P. The molecule has 2 saturated carbocycles. The Morgan fingerprint density at radius 2 is 1.46 bits per heavy atom. The van der Waals surface area contributed by atoms with Gasteiger partial charge in [0.2, 0.25) is 0 Å². The van der Waals surface area contributed by atoms with Gasteiger partial charge < -0.3 is 18.5 Å². The van der Waals surface area contributed by atoms with Crippen LogP contribution in [0, 0.1) is 35.5 Å². The zero-order chi connectivity index (χ0) is 19.1. The van der Waals surface area contributed by atoms with E-state index in [4.69, 9.17) is 18.5 Å². The molecule has 0 aromatic carbocycles. The molecule has 8 heteroatoms. The summed E-state index contributed by atoms with van der Waals surface area (Å²) in [5.41, 5.74) is -0.254. The van der Waals surface area contributed by atoms with E-state index in [1.54, 1.807) is 13.8 Å². The summed E-state index contributed by atoms with van der Waals surface area (Å²) in [5.74, 6) is -2.17. The van der Waals surface area contributed by atoms with Gasteiger partial charge in [0.15, 0.2) is 0 Å². The summed E-state index contributed by atoms with van der Waals surface area (Å²) in [6.07, 6.45) is 4.64. The fourth-order valence-corrected chi connectivity index (χ4v) is 7.72. The predicted molar refractivity (Wildman–Crippen MR) is 93.4 cm³/mol. The van der Waals surface area contributed by atoms with Crippen LogP contribution in [0.1, 0.15) is 20.3 Å². The van der Waals surface area contributed by atoms with Crippen LogP contribution in [0.2, 0.25) is 0 Å². The van der Waals surface area contributed by atoms with Crippen molar-refractivity contribution in [3.05, 3.63) is 12.2 Å². The summed E-state index contributed by atoms with van der Waals surface area (Å²) in [6.45, 7) is 4.19. The van der Waals surface area contributed by atoms with Gasteiger partial charge in [0.25, 0.3) is 0 Å². The van der Waals surface area contributed by atoms with E-state index in [1.165, 1.54) is 14.2 Å². The number of hydrogen-bond acceptors (Lipinski definition) is 7. The summed E-state index contributed by atoms with van der Waals surface area (Å²) >= 11 is 0. The molecule has 0 heterocycles. The minimum Gasteiger partial charge on any atom is -0.469 e. The average molecular weight is 386 g/mol. The molecule has 4 rings (SSSR count). The van der Waals surface area contributed by atoms with Gasteiger partial charge in [0.05, 0.1) is 44.9 Å². The molecule has 3 unspecified atom stereocenters. The van der Waals surface area contributed by atoms with E-state index >= 15 is 0 Å². The molecule has 4 aliphatic rings. The monoisotopic (exact) mass is 386 g/mol. The molecule has 7 nitrogen and oxygen atoms in total. The Bertz CT molecular complexity index is 635. The highest BCUT2D eigenvalue weighted by molar-refractivity contribution is 7.54. The number of fused-ring (bicyclic) bond motifs is 1. The molecule has 7 atom stereocenters. The summed E-state index contributed by atoms with van der Waals surface area (Å²) in [7, 11) is -0.602. The number of rotatable bonds is 7. The zero-order valence-electron chi connectivity index (χ0n) is 15.6. The second kappa shape index (κ2) is 7.45. The minimum absolute atomic E-state index is 0.0149. The maximum Gasteiger partial charge on any atom is 0.334 e. The van der Waals surface area contributed by atoms with Crippen molar-refractivity contribution in [1.29, 1.82) is 0 Å². The van der Waals surface area contributed by atoms with Gasteiger partial charge in [-0.1, -0.05) is 12.2 Å². The number of methoxy groups -OCH3 is 2. The Morgan fingerprint density at radius 1 is 0.962 bits per heavy atom. The molecule has 2 bridgehead atoms. The fraction of sp³-hybridized carbons (Fsp3) is 0.778. The van der Waals surface area contributed by atoms with Gasteiger partial charge in [-0.3, -0.25) is 14.2 Å². The standard InChI is InChI=1S/C18H27O7P/c1-5-24-26(21,25-6-2)13-9-12-10-7-8-11(14(12)13)16(18(20)23-4)15(10)17(19)22-3/h7-8,10-16H,5-6,9H2,1-4H3/t10-,11+,12?,13?,14?,15-,16+/m1/s1. The molecule has 0 aliphatic heterocycles. The quantitative estimate of drug-likeness (QED) is 0.378. The molecular weight excluding hydrogens is 359 g/mol. The van der Waals surface area contributed by atoms with E-state index in [2.05, 4.69) is 0 Å². The van der Waals surface area contributed by atoms with Crippen molar-refractivity contribution in [2.24, 2.45) is 35.5 Å². The number of carbonyl (C=O) groups is 2. The molecule has 2 fully saturated rings. The Balaban J connectivity index is 1.93. The molecule has 26 heavy (non-hydrogen) atoms. The number of carbonyl (C=O) groups excluding carboxylic acids is 2. The van der Waals surface area contributed by atoms with Crippen LogP contribution in [-0.2, 0) is 32.7 Å². The Labute approximate surface area is 153 Å². The third-order valence-electron chi connectivity index (χ3n) is 6.13. The third-order valence-corrected chi connectivity index (χ3v) is 8.74. The number of ether oxygens (including phenoxy) is 2. The van der Waals surface area contributed by atoms with Crippen LogP contribution in [0.4, 0.5) is 0 Å². The van der Waals surface area contributed by atoms with Gasteiger partial charge in [-0.05, 0) is 43.9 Å². The van der Waals surface area contributed by atoms with Crippen molar-refractivity contribution in [2.75, 3.05) is 27.4 Å². The van der Waals surface area contributed by atoms with Crippen LogP contribution in [0.3, 0.4) is 0 Å². The molecule has 0 N–H and O–H groups in total. The molecule has 0 saturated heterocycles. The van der Waals surface area contributed by atoms with E-state index in [0.29, 0.717) is 19.6 Å². The lowest BCUT2D eigenvalue weighted by atomic mass is 9.46. The highest BCUT2D eigenvalue weighted by atomic mass is 31.2. The first-order chi connectivity index (χ1) is 12.4. The molecule has 0 spiro atoms. The Hall–Kier alpha value is -1.17. The van der Waals surface area contributed by atoms with Crippen LogP contribution < -0.4 is 0 Å². The SMILES string of the molecule is CCOP(=O)(OCC)C1CC2C1[C@@H]1C=C[C@H]2[C@@H](C(=O)OC)[C@H]1C(=O)OC. The molecule has 0 amide bonds. The van der Waals surface area contributed by atoms with Crippen LogP contribution in [0.25, 0.3) is 0 Å². The first-order valence-electron chi connectivity index (χ1n) is 9.16. The van der Waals surface area contributed by atoms with Crippen molar-refractivity contribution >= 4 is 19.5 Å². The first kappa shape index (κ1) is 19.6. The average Bonchev–Trinajstić information content (AvgIpc) is 2.59. The maximum absolute atomic E-state index is 13.3. The van der Waals surface area contributed by atoms with Gasteiger partial charge in [-0.25, -0.2) is 0 Å². The summed E-state index contributed by atoms with van der Waals surface area (Å²) in [5, 5.41) is 0. The van der Waals surface area contributed by atoms with Gasteiger partial charge in [0.1, 0.15) is 0 Å². The molecule has 0 aromatic heterocycles. The second-order valence-corrected chi connectivity index (χ2v) is 9.32. The zero-order valence-corrected chi connectivity index (χ0v) is 16.5. The molecule has 4 aliphatic carbocycles. The summed E-state index contributed by atoms with van der Waals surface area (Å²) < 4.78 is 34.3. The van der Waals surface area contributed by atoms with Gasteiger partial charge >= 0.3 is 19.5 Å². The normalized spacial score (nSPS) is 37.6. The lowest BCUT2D eigenvalue weighted by molar-refractivity contribution is -0.174. The lowest BCUT2D eigenvalue weighted by Gasteiger charge is -2.61. The van der Waals surface area contributed by atoms with Crippen LogP contribution >= 0.6 is 7.60 Å². The van der Waals surface area contributed by atoms with Gasteiger partial charge in [-0.15, -0.1) is 0 Å². The van der Waals surface area contributed by atoms with E-state index in [0.717, 1.165) is 0 Å². The van der Waals surface area contributed by atoms with Crippen molar-refractivity contribution < 1.29 is 32.7 Å². The van der Waals surface area contributed by atoms with E-state index < -0.39 is 25.4 Å². The van der Waals surface area contributed by atoms with Crippen molar-refractivity contribution in [3.8, 4) is 0 Å². The van der Waals surface area contributed by atoms with Gasteiger partial charge in [0, 0.05) is 0 Å². The van der Waals surface area contributed by atoms with Gasteiger partial charge in [-0.2, -0.15) is 0 Å². The van der Waals surface area contributed by atoms with Crippen molar-refractivity contribution in [3.63, 3.8) is 0 Å². The van der Waals surface area contributed by atoms with Crippen LogP contribution in [-0.4, -0.2) is 45.0 Å². The second-order valence-electron chi connectivity index (χ2n) is 7.06. The number of esters is 2. The van der Waals surface area contributed by atoms with Crippen LogP contribution in [0.15, 0.2) is 12.2 Å². The van der Waals surface area contributed by atoms with Crippen LogP contribution in [0.5, 0.6) is 0 Å². The topological polar surface area (TPSA) is 88.1 Å². The third kappa shape index (κ3) is 2.85. The Kier molecular flexibility index (Phi) is 5.61. The Morgan fingerprint density at radius 3 is 1.96 bits per heavy atom. The van der Waals surface area contributed by atoms with E-state index in [1.807, 2.05) is 12.2 Å². The largest absolute Gasteiger partial charge is 0.469 e. The summed E-state index contributed by atoms with van der Waals surface area (Å²) in [6, 6.07) is 0. The fourth-order valence-electron chi connectivity index (χ4n) is 5.20. The molecule has 146 valence electrons. The minimum atomic E-state index is -3.26. The predicted octanol–water partition coefficient (Wildman–Crippen LogP) is 2.65.